The molecule has 0 radical (unpaired) electrons. The normalized spacial score (nSPS) is 32.4. The van der Waals surface area contributed by atoms with Crippen molar-refractivity contribution in [3.8, 4) is 23.3 Å². The zero-order valence-electron chi connectivity index (χ0n) is 22.6. The molecule has 4 aliphatic rings. The molecule has 2 N–H and O–H groups in total. The first-order chi connectivity index (χ1) is 18.1. The molecule has 6 heteroatoms. The van der Waals surface area contributed by atoms with Crippen LogP contribution in [0.5, 0.6) is 11.5 Å². The molecule has 2 aromatic rings. The monoisotopic (exact) mass is 512 g/mol. The first-order valence-electron chi connectivity index (χ1n) is 13.6. The predicted octanol–water partition coefficient (Wildman–Crippen LogP) is 3.47. The van der Waals surface area contributed by atoms with E-state index in [9.17, 15) is 15.0 Å². The molecule has 2 fully saturated rings. The third-order valence-electron chi connectivity index (χ3n) is 9.97. The van der Waals surface area contributed by atoms with Crippen LogP contribution in [0.1, 0.15) is 47.6 Å². The average Bonchev–Trinajstić information content (AvgIpc) is 3.24. The van der Waals surface area contributed by atoms with Gasteiger partial charge in [0.2, 0.25) is 0 Å². The minimum atomic E-state index is -1.06. The average molecular weight is 513 g/mol. The number of ether oxygens (including phenoxy) is 1. The number of phenols is 1. The summed E-state index contributed by atoms with van der Waals surface area (Å²) < 4.78 is 6.60. The SMILES string of the molecule is C=CCN1CC[C@]23c4c5ccc(O)c4O[C@H]2[C@@H](N(C)C(=O)C#Cc2ccc(C)c(C)c2)C[C@H](C)[C@@]3(O)[C@H]1C5. The summed E-state index contributed by atoms with van der Waals surface area (Å²) in [5.41, 5.74) is 3.42. The molecule has 1 amide bonds. The fourth-order valence-electron chi connectivity index (χ4n) is 7.97. The number of hydrogen-bond acceptors (Lipinski definition) is 5. The smallest absolute Gasteiger partial charge is 0.298 e. The van der Waals surface area contributed by atoms with E-state index in [1.54, 1.807) is 18.0 Å². The lowest BCUT2D eigenvalue weighted by Crippen LogP contribution is -2.80. The van der Waals surface area contributed by atoms with Crippen molar-refractivity contribution in [2.45, 2.75) is 69.2 Å². The van der Waals surface area contributed by atoms with Crippen LogP contribution in [0.3, 0.4) is 0 Å². The van der Waals surface area contributed by atoms with Gasteiger partial charge in [-0.3, -0.25) is 9.69 Å². The molecule has 6 nitrogen and oxygen atoms in total. The Hall–Kier alpha value is -3.27. The molecule has 2 heterocycles. The number of likely N-dealkylation sites (tertiary alicyclic amines) is 1. The Labute approximate surface area is 224 Å². The maximum absolute atomic E-state index is 13.4. The van der Waals surface area contributed by atoms with Crippen molar-refractivity contribution in [1.29, 1.82) is 0 Å². The number of rotatable bonds is 3. The highest BCUT2D eigenvalue weighted by Gasteiger charge is 2.75. The lowest BCUT2D eigenvalue weighted by molar-refractivity contribution is -0.222. The molecule has 1 spiro atoms. The Morgan fingerprint density at radius 2 is 2.08 bits per heavy atom. The Bertz CT molecular complexity index is 1410. The highest BCUT2D eigenvalue weighted by Crippen LogP contribution is 2.67. The standard InChI is InChI=1S/C32H36N2O4/c1-6-14-34-15-13-31-28-23-10-11-25(35)29(28)38-30(31)24(17-21(4)32(31,37)26(34)18-23)33(5)27(36)12-9-22-8-7-19(2)20(3)16-22/h6-8,10-11,16,21,24,26,30,35,37H,1,13-15,17-18H2,2-5H3/t21-,24-,26+,30-,31-,32+/m0/s1. The number of amides is 1. The van der Waals surface area contributed by atoms with Crippen molar-refractivity contribution >= 4 is 5.91 Å². The van der Waals surface area contributed by atoms with Crippen LogP contribution in [-0.4, -0.2) is 69.8 Å². The van der Waals surface area contributed by atoms with Crippen LogP contribution in [0.4, 0.5) is 0 Å². The van der Waals surface area contributed by atoms with Gasteiger partial charge in [-0.25, -0.2) is 0 Å². The first kappa shape index (κ1) is 25.0. The molecule has 1 saturated heterocycles. The van der Waals surface area contributed by atoms with E-state index in [1.807, 2.05) is 37.3 Å². The van der Waals surface area contributed by atoms with Crippen LogP contribution >= 0.6 is 0 Å². The third kappa shape index (κ3) is 3.18. The minimum absolute atomic E-state index is 0.0927. The number of benzene rings is 2. The first-order valence-corrected chi connectivity index (χ1v) is 13.6. The van der Waals surface area contributed by atoms with E-state index in [1.165, 1.54) is 5.56 Å². The summed E-state index contributed by atoms with van der Waals surface area (Å²) in [7, 11) is 1.79. The molecule has 6 atom stereocenters. The number of aliphatic hydroxyl groups is 1. The number of nitrogens with zero attached hydrogens (tertiary/aromatic N) is 2. The molecular formula is C32H36N2O4. The van der Waals surface area contributed by atoms with Crippen molar-refractivity contribution in [1.82, 2.24) is 9.80 Å². The summed E-state index contributed by atoms with van der Waals surface area (Å²) in [5, 5.41) is 23.6. The summed E-state index contributed by atoms with van der Waals surface area (Å²) in [4.78, 5) is 17.5. The van der Waals surface area contributed by atoms with E-state index >= 15 is 0 Å². The molecule has 38 heavy (non-hydrogen) atoms. The van der Waals surface area contributed by atoms with E-state index < -0.39 is 17.1 Å². The number of piperidine rings is 1. The largest absolute Gasteiger partial charge is 0.504 e. The number of phenolic OH excluding ortho intramolecular Hbond substituents is 1. The summed E-state index contributed by atoms with van der Waals surface area (Å²) in [6.45, 7) is 11.6. The van der Waals surface area contributed by atoms with Gasteiger partial charge in [-0.2, -0.15) is 0 Å². The lowest BCUT2D eigenvalue weighted by atomic mass is 9.45. The molecular weight excluding hydrogens is 476 g/mol. The molecule has 2 aromatic carbocycles. The summed E-state index contributed by atoms with van der Waals surface area (Å²) in [6, 6.07) is 9.23. The van der Waals surface area contributed by atoms with Gasteiger partial charge in [0, 0.05) is 36.7 Å². The molecule has 0 unspecified atom stereocenters. The second kappa shape index (κ2) is 8.62. The van der Waals surface area contributed by atoms with E-state index in [4.69, 9.17) is 4.74 Å². The maximum atomic E-state index is 13.4. The van der Waals surface area contributed by atoms with Gasteiger partial charge < -0.3 is 19.8 Å². The van der Waals surface area contributed by atoms with Gasteiger partial charge in [-0.15, -0.1) is 6.58 Å². The fraction of sp³-hybridized carbons (Fsp3) is 0.469. The maximum Gasteiger partial charge on any atom is 0.298 e. The van der Waals surface area contributed by atoms with Gasteiger partial charge in [0.15, 0.2) is 11.5 Å². The van der Waals surface area contributed by atoms with Gasteiger partial charge in [-0.05, 0) is 80.5 Å². The number of aromatic hydroxyl groups is 1. The topological polar surface area (TPSA) is 73.2 Å². The molecule has 2 aliphatic heterocycles. The molecule has 0 aromatic heterocycles. The Kier molecular flexibility index (Phi) is 5.68. The lowest BCUT2D eigenvalue weighted by Gasteiger charge is -2.66. The second-order valence-corrected chi connectivity index (χ2v) is 11.7. The summed E-state index contributed by atoms with van der Waals surface area (Å²) in [6.07, 6.45) is 3.38. The van der Waals surface area contributed by atoms with E-state index in [0.717, 1.165) is 28.8 Å². The second-order valence-electron chi connectivity index (χ2n) is 11.7. The van der Waals surface area contributed by atoms with Gasteiger partial charge in [0.05, 0.1) is 17.1 Å². The Balaban J connectivity index is 1.41. The Morgan fingerprint density at radius 3 is 2.82 bits per heavy atom. The Morgan fingerprint density at radius 1 is 1.29 bits per heavy atom. The van der Waals surface area contributed by atoms with Crippen LogP contribution in [0.25, 0.3) is 0 Å². The van der Waals surface area contributed by atoms with Crippen LogP contribution in [0.15, 0.2) is 43.0 Å². The van der Waals surface area contributed by atoms with Gasteiger partial charge in [0.25, 0.3) is 5.91 Å². The van der Waals surface area contributed by atoms with Crippen molar-refractivity contribution < 1.29 is 19.7 Å². The molecule has 2 bridgehead atoms. The number of carbonyl (C=O) groups is 1. The molecule has 6 rings (SSSR count). The summed E-state index contributed by atoms with van der Waals surface area (Å²) in [5.74, 6) is 6.07. The van der Waals surface area contributed by atoms with Crippen molar-refractivity contribution in [2.24, 2.45) is 5.92 Å². The quantitative estimate of drug-likeness (QED) is 0.487. The third-order valence-corrected chi connectivity index (χ3v) is 9.97. The highest BCUT2D eigenvalue weighted by molar-refractivity contribution is 5.94. The van der Waals surface area contributed by atoms with Crippen molar-refractivity contribution in [2.75, 3.05) is 20.1 Å². The minimum Gasteiger partial charge on any atom is -0.504 e. The van der Waals surface area contributed by atoms with Crippen LogP contribution in [0.2, 0.25) is 0 Å². The van der Waals surface area contributed by atoms with E-state index in [0.29, 0.717) is 31.6 Å². The van der Waals surface area contributed by atoms with Gasteiger partial charge in [-0.1, -0.05) is 31.1 Å². The predicted molar refractivity (Wildman–Crippen MR) is 146 cm³/mol. The number of likely N-dealkylation sites (N-methyl/N-ethyl adjacent to an activating group) is 1. The van der Waals surface area contributed by atoms with E-state index in [-0.39, 0.29) is 29.7 Å². The van der Waals surface area contributed by atoms with E-state index in [2.05, 4.69) is 37.2 Å². The zero-order chi connectivity index (χ0) is 27.0. The molecule has 1 saturated carbocycles. The van der Waals surface area contributed by atoms with Crippen LogP contribution in [0, 0.1) is 31.6 Å². The molecule has 198 valence electrons. The van der Waals surface area contributed by atoms with Crippen molar-refractivity contribution in [3.63, 3.8) is 0 Å². The number of carbonyl (C=O) groups excluding carboxylic acids is 1. The zero-order valence-corrected chi connectivity index (χ0v) is 22.6. The van der Waals surface area contributed by atoms with Gasteiger partial charge >= 0.3 is 0 Å². The summed E-state index contributed by atoms with van der Waals surface area (Å²) >= 11 is 0. The van der Waals surface area contributed by atoms with Crippen LogP contribution < -0.4 is 4.74 Å². The molecule has 2 aliphatic carbocycles. The number of hydrogen-bond donors (Lipinski definition) is 2. The highest BCUT2D eigenvalue weighted by atomic mass is 16.5. The van der Waals surface area contributed by atoms with Gasteiger partial charge in [0.1, 0.15) is 6.10 Å². The fourth-order valence-corrected chi connectivity index (χ4v) is 7.97. The number of aryl methyl sites for hydroxylation is 2. The van der Waals surface area contributed by atoms with Crippen LogP contribution in [-0.2, 0) is 16.6 Å². The van der Waals surface area contributed by atoms with Crippen molar-refractivity contribution in [3.05, 3.63) is 70.8 Å².